The van der Waals surface area contributed by atoms with Crippen molar-refractivity contribution in [1.29, 1.82) is 0 Å². The number of fused-ring (bicyclic) bond motifs is 5. The zero-order chi connectivity index (χ0) is 20.3. The van der Waals surface area contributed by atoms with Crippen molar-refractivity contribution >= 4 is 11.8 Å². The molecule has 0 spiro atoms. The molecule has 4 rings (SSSR count). The fourth-order valence-electron chi connectivity index (χ4n) is 8.44. The van der Waals surface area contributed by atoms with Crippen molar-refractivity contribution in [2.45, 2.75) is 91.1 Å². The number of hydrogen-bond acceptors (Lipinski definition) is 3. The molecule has 3 unspecified atom stereocenters. The smallest absolute Gasteiger partial charge is 0.303 e. The molecule has 4 nitrogen and oxygen atoms in total. The fraction of sp³-hybridized carbons (Fsp3) is 0.917. The van der Waals surface area contributed by atoms with Crippen molar-refractivity contribution in [3.05, 3.63) is 0 Å². The average molecular weight is 391 g/mol. The molecule has 0 aromatic heterocycles. The first-order valence-corrected chi connectivity index (χ1v) is 11.6. The van der Waals surface area contributed by atoms with Gasteiger partial charge in [0.05, 0.1) is 6.10 Å². The first kappa shape index (κ1) is 20.4. The molecule has 4 saturated carbocycles. The Kier molecular flexibility index (Phi) is 5.17. The van der Waals surface area contributed by atoms with Gasteiger partial charge in [-0.25, -0.2) is 0 Å². The Hall–Kier alpha value is -0.900. The number of hydrogen-bond donors (Lipinski definition) is 2. The maximum absolute atomic E-state index is 13.3. The predicted octanol–water partition coefficient (Wildman–Crippen LogP) is 4.69. The lowest BCUT2D eigenvalue weighted by Gasteiger charge is -2.60. The van der Waals surface area contributed by atoms with E-state index >= 15 is 0 Å². The number of ketones is 1. The Bertz CT molecular complexity index is 645. The maximum Gasteiger partial charge on any atom is 0.303 e. The van der Waals surface area contributed by atoms with Gasteiger partial charge >= 0.3 is 5.97 Å². The number of aliphatic hydroxyl groups is 1. The number of carbonyl (C=O) groups is 2. The number of rotatable bonds is 4. The predicted molar refractivity (Wildman–Crippen MR) is 108 cm³/mol. The summed E-state index contributed by atoms with van der Waals surface area (Å²) in [6, 6.07) is 0. The van der Waals surface area contributed by atoms with Gasteiger partial charge in [-0.15, -0.1) is 0 Å². The van der Waals surface area contributed by atoms with Gasteiger partial charge in [0.2, 0.25) is 0 Å². The van der Waals surface area contributed by atoms with E-state index < -0.39 is 5.97 Å². The minimum atomic E-state index is -0.698. The van der Waals surface area contributed by atoms with Crippen LogP contribution in [0, 0.1) is 46.3 Å². The third-order valence-electron chi connectivity index (χ3n) is 10.0. The standard InChI is InChI=1S/C24H38O4/c1-14(4-7-21(27)28)17-5-6-18-22-19(9-11-24(17,18)3)23(2)10-8-16(25)12-15(23)13-20(22)26/h14-19,22,25H,4-13H2,1-3H3,(H,27,28)/t14?,15-,16?,17?,18-,19-,22-,23-,24+/m0/s1. The van der Waals surface area contributed by atoms with E-state index in [0.717, 1.165) is 44.9 Å². The molecule has 4 heteroatoms. The fourth-order valence-corrected chi connectivity index (χ4v) is 8.44. The van der Waals surface area contributed by atoms with Gasteiger partial charge in [0.1, 0.15) is 5.78 Å². The van der Waals surface area contributed by atoms with Crippen molar-refractivity contribution in [2.75, 3.05) is 0 Å². The van der Waals surface area contributed by atoms with Crippen molar-refractivity contribution in [3.8, 4) is 0 Å². The summed E-state index contributed by atoms with van der Waals surface area (Å²) < 4.78 is 0. The summed E-state index contributed by atoms with van der Waals surface area (Å²) >= 11 is 0. The van der Waals surface area contributed by atoms with Crippen molar-refractivity contribution in [3.63, 3.8) is 0 Å². The molecule has 0 heterocycles. The molecule has 0 aromatic carbocycles. The highest BCUT2D eigenvalue weighted by molar-refractivity contribution is 5.83. The first-order valence-electron chi connectivity index (χ1n) is 11.6. The molecule has 9 atom stereocenters. The van der Waals surface area contributed by atoms with Crippen LogP contribution in [-0.2, 0) is 9.59 Å². The summed E-state index contributed by atoms with van der Waals surface area (Å²) in [5.41, 5.74) is 0.401. The number of aliphatic carboxylic acids is 1. The van der Waals surface area contributed by atoms with Crippen molar-refractivity contribution < 1.29 is 19.8 Å². The Morgan fingerprint density at radius 1 is 1.11 bits per heavy atom. The van der Waals surface area contributed by atoms with E-state index in [1.54, 1.807) is 0 Å². The number of carboxylic acid groups (broad SMARTS) is 1. The minimum absolute atomic E-state index is 0.187. The van der Waals surface area contributed by atoms with E-state index in [2.05, 4.69) is 20.8 Å². The summed E-state index contributed by atoms with van der Waals surface area (Å²) in [5, 5.41) is 19.3. The first-order chi connectivity index (χ1) is 13.2. The molecule has 0 amide bonds. The van der Waals surface area contributed by atoms with Crippen molar-refractivity contribution in [2.24, 2.45) is 46.3 Å². The van der Waals surface area contributed by atoms with Gasteiger partial charge in [0.15, 0.2) is 0 Å². The van der Waals surface area contributed by atoms with Gasteiger partial charge < -0.3 is 10.2 Å². The molecule has 0 aliphatic heterocycles. The molecular formula is C24H38O4. The van der Waals surface area contributed by atoms with Gasteiger partial charge in [0, 0.05) is 18.8 Å². The molecule has 4 aliphatic rings. The van der Waals surface area contributed by atoms with Crippen LogP contribution >= 0.6 is 0 Å². The van der Waals surface area contributed by atoms with Crippen molar-refractivity contribution in [1.82, 2.24) is 0 Å². The Morgan fingerprint density at radius 3 is 2.50 bits per heavy atom. The van der Waals surface area contributed by atoms with Crippen LogP contribution in [0.1, 0.15) is 85.0 Å². The minimum Gasteiger partial charge on any atom is -0.481 e. The second-order valence-corrected chi connectivity index (χ2v) is 11.2. The van der Waals surface area contributed by atoms with Crippen LogP contribution in [0.5, 0.6) is 0 Å². The van der Waals surface area contributed by atoms with Crippen LogP contribution < -0.4 is 0 Å². The lowest BCUT2D eigenvalue weighted by atomic mass is 9.44. The van der Waals surface area contributed by atoms with E-state index in [-0.39, 0.29) is 29.3 Å². The third kappa shape index (κ3) is 3.05. The third-order valence-corrected chi connectivity index (χ3v) is 10.0. The summed E-state index contributed by atoms with van der Waals surface area (Å²) in [7, 11) is 0. The lowest BCUT2D eigenvalue weighted by Crippen LogP contribution is -2.57. The number of carboxylic acids is 1. The molecule has 4 fully saturated rings. The summed E-state index contributed by atoms with van der Waals surface area (Å²) in [6.07, 6.45) is 8.81. The molecule has 28 heavy (non-hydrogen) atoms. The molecule has 158 valence electrons. The van der Waals surface area contributed by atoms with Gasteiger partial charge in [-0.05, 0) is 91.8 Å². The molecule has 4 aliphatic carbocycles. The normalized spacial score (nSPS) is 49.1. The van der Waals surface area contributed by atoms with E-state index in [1.807, 2.05) is 0 Å². The highest BCUT2D eigenvalue weighted by atomic mass is 16.4. The Morgan fingerprint density at radius 2 is 1.79 bits per heavy atom. The van der Waals surface area contributed by atoms with Crippen LogP contribution in [-0.4, -0.2) is 28.1 Å². The quantitative estimate of drug-likeness (QED) is 0.730. The summed E-state index contributed by atoms with van der Waals surface area (Å²) in [4.78, 5) is 24.4. The van der Waals surface area contributed by atoms with E-state index in [4.69, 9.17) is 5.11 Å². The van der Waals surface area contributed by atoms with Crippen LogP contribution in [0.25, 0.3) is 0 Å². The highest BCUT2D eigenvalue weighted by Crippen LogP contribution is 2.67. The average Bonchev–Trinajstić information content (AvgIpc) is 2.98. The molecule has 0 bridgehead atoms. The van der Waals surface area contributed by atoms with Gasteiger partial charge in [-0.1, -0.05) is 20.8 Å². The van der Waals surface area contributed by atoms with Crippen LogP contribution in [0.3, 0.4) is 0 Å². The topological polar surface area (TPSA) is 74.6 Å². The molecule has 2 N–H and O–H groups in total. The number of aliphatic hydroxyl groups excluding tert-OH is 1. The highest BCUT2D eigenvalue weighted by Gasteiger charge is 2.62. The van der Waals surface area contributed by atoms with Gasteiger partial charge in [-0.2, -0.15) is 0 Å². The summed E-state index contributed by atoms with van der Waals surface area (Å²) in [6.45, 7) is 7.06. The molecule has 0 aromatic rings. The number of carbonyl (C=O) groups excluding carboxylic acids is 1. The molecular weight excluding hydrogens is 352 g/mol. The second kappa shape index (κ2) is 7.11. The maximum atomic E-state index is 13.3. The second-order valence-electron chi connectivity index (χ2n) is 11.2. The van der Waals surface area contributed by atoms with E-state index in [1.165, 1.54) is 6.42 Å². The van der Waals surface area contributed by atoms with E-state index in [9.17, 15) is 14.7 Å². The van der Waals surface area contributed by atoms with Crippen LogP contribution in [0.4, 0.5) is 0 Å². The number of Topliss-reactive ketones (excluding diaryl/α,β-unsaturated/α-hetero) is 1. The summed E-state index contributed by atoms with van der Waals surface area (Å²) in [5.74, 6) is 2.25. The SMILES string of the molecule is CC(CCC(=O)O)C1CC[C@H]2[C@@H]3C(=O)C[C@@H]4CC(O)CC[C@]4(C)[C@H]3CC[C@]12C. The van der Waals surface area contributed by atoms with Crippen LogP contribution in [0.2, 0.25) is 0 Å². The molecule has 0 radical (unpaired) electrons. The molecule has 0 saturated heterocycles. The largest absolute Gasteiger partial charge is 0.481 e. The zero-order valence-corrected chi connectivity index (χ0v) is 17.8. The van der Waals surface area contributed by atoms with Gasteiger partial charge in [0.25, 0.3) is 0 Å². The Labute approximate surface area is 169 Å². The van der Waals surface area contributed by atoms with Gasteiger partial charge in [-0.3, -0.25) is 9.59 Å². The Balaban J connectivity index is 1.56. The lowest BCUT2D eigenvalue weighted by molar-refractivity contribution is -0.160. The van der Waals surface area contributed by atoms with E-state index in [0.29, 0.717) is 41.8 Å². The monoisotopic (exact) mass is 390 g/mol. The zero-order valence-electron chi connectivity index (χ0n) is 17.8. The van der Waals surface area contributed by atoms with Crippen LogP contribution in [0.15, 0.2) is 0 Å².